The highest BCUT2D eigenvalue weighted by Gasteiger charge is 2.12. The van der Waals surface area contributed by atoms with Gasteiger partial charge in [-0.15, -0.1) is 0 Å². The van der Waals surface area contributed by atoms with Crippen LogP contribution in [0.2, 0.25) is 0 Å². The summed E-state index contributed by atoms with van der Waals surface area (Å²) in [6.07, 6.45) is -0.163. The third-order valence-corrected chi connectivity index (χ3v) is 2.82. The molecule has 114 valence electrons. The molecule has 0 aliphatic carbocycles. The second-order valence-electron chi connectivity index (χ2n) is 4.37. The minimum absolute atomic E-state index is 0.0631. The Hall–Kier alpha value is -2.96. The highest BCUT2D eigenvalue weighted by atomic mass is 19.1. The molecule has 0 N–H and O–H groups in total. The Labute approximate surface area is 125 Å². The molecule has 0 heterocycles. The van der Waals surface area contributed by atoms with Gasteiger partial charge < -0.3 is 9.47 Å². The maximum absolute atomic E-state index is 13.5. The molecule has 0 aliphatic heterocycles. The fraction of sp³-hybridized carbons (Fsp3) is 0.133. The van der Waals surface area contributed by atoms with Crippen molar-refractivity contribution >= 4 is 11.7 Å². The summed E-state index contributed by atoms with van der Waals surface area (Å²) < 4.78 is 23.3. The smallest absolute Gasteiger partial charge is 0.315 e. The molecule has 2 aromatic rings. The maximum atomic E-state index is 13.5. The predicted octanol–water partition coefficient (Wildman–Crippen LogP) is 2.89. The number of nitrogens with zero attached hydrogens (tertiary/aromatic N) is 1. The van der Waals surface area contributed by atoms with E-state index in [1.807, 2.05) is 0 Å². The average molecular weight is 305 g/mol. The van der Waals surface area contributed by atoms with Crippen LogP contribution >= 0.6 is 0 Å². The summed E-state index contributed by atoms with van der Waals surface area (Å²) in [5.41, 5.74) is 0.231. The third kappa shape index (κ3) is 3.78. The Morgan fingerprint density at radius 3 is 2.68 bits per heavy atom. The molecule has 0 bridgehead atoms. The van der Waals surface area contributed by atoms with Crippen molar-refractivity contribution in [1.29, 1.82) is 0 Å². The minimum atomic E-state index is -0.648. The Balaban J connectivity index is 2.05. The topological polar surface area (TPSA) is 78.7 Å². The first-order valence-corrected chi connectivity index (χ1v) is 6.27. The van der Waals surface area contributed by atoms with Gasteiger partial charge in [-0.3, -0.25) is 14.9 Å². The molecule has 7 heteroatoms. The number of methoxy groups -OCH3 is 1. The van der Waals surface area contributed by atoms with E-state index in [9.17, 15) is 19.3 Å². The lowest BCUT2D eigenvalue weighted by Gasteiger charge is -2.06. The molecule has 6 nitrogen and oxygen atoms in total. The summed E-state index contributed by atoms with van der Waals surface area (Å²) in [5.74, 6) is -1.09. The second-order valence-corrected chi connectivity index (χ2v) is 4.37. The van der Waals surface area contributed by atoms with Gasteiger partial charge in [0.05, 0.1) is 24.5 Å². The molecule has 22 heavy (non-hydrogen) atoms. The standard InChI is InChI=1S/C15H12FNO5/c1-21-14-6-5-10(7-13(14)16)8-15(18)22-12-4-2-3-11(9-12)17(19)20/h2-7,9H,8H2,1H3. The lowest BCUT2D eigenvalue weighted by Crippen LogP contribution is -2.11. The van der Waals surface area contributed by atoms with E-state index < -0.39 is 16.7 Å². The van der Waals surface area contributed by atoms with Crippen LogP contribution in [0.3, 0.4) is 0 Å². The number of hydrogen-bond acceptors (Lipinski definition) is 5. The van der Waals surface area contributed by atoms with Crippen molar-refractivity contribution in [2.24, 2.45) is 0 Å². The van der Waals surface area contributed by atoms with Crippen molar-refractivity contribution in [3.05, 3.63) is 64.0 Å². The normalized spacial score (nSPS) is 10.1. The highest BCUT2D eigenvalue weighted by Crippen LogP contribution is 2.21. The number of halogens is 1. The molecule has 0 aliphatic rings. The van der Waals surface area contributed by atoms with E-state index in [0.717, 1.165) is 6.07 Å². The number of carbonyl (C=O) groups excluding carboxylic acids is 1. The van der Waals surface area contributed by atoms with Gasteiger partial charge in [-0.2, -0.15) is 0 Å². The number of benzene rings is 2. The third-order valence-electron chi connectivity index (χ3n) is 2.82. The van der Waals surface area contributed by atoms with Crippen molar-refractivity contribution < 1.29 is 23.6 Å². The Morgan fingerprint density at radius 2 is 2.05 bits per heavy atom. The van der Waals surface area contributed by atoms with E-state index in [4.69, 9.17) is 9.47 Å². The van der Waals surface area contributed by atoms with E-state index >= 15 is 0 Å². The van der Waals surface area contributed by atoms with Crippen LogP contribution in [0.15, 0.2) is 42.5 Å². The van der Waals surface area contributed by atoms with Crippen LogP contribution in [0.4, 0.5) is 10.1 Å². The van der Waals surface area contributed by atoms with Crippen LogP contribution in [0, 0.1) is 15.9 Å². The van der Waals surface area contributed by atoms with Gasteiger partial charge in [0.25, 0.3) is 5.69 Å². The molecule has 0 saturated carbocycles. The SMILES string of the molecule is COc1ccc(CC(=O)Oc2cccc([N+](=O)[O-])c2)cc1F. The van der Waals surface area contributed by atoms with Crippen molar-refractivity contribution in [1.82, 2.24) is 0 Å². The number of hydrogen-bond donors (Lipinski definition) is 0. The Kier molecular flexibility index (Phi) is 4.67. The van der Waals surface area contributed by atoms with Gasteiger partial charge in [0.2, 0.25) is 0 Å². The number of esters is 1. The van der Waals surface area contributed by atoms with Crippen molar-refractivity contribution in [3.8, 4) is 11.5 Å². The first kappa shape index (κ1) is 15.4. The number of rotatable bonds is 5. The van der Waals surface area contributed by atoms with Crippen LogP contribution in [0.25, 0.3) is 0 Å². The molecule has 0 fully saturated rings. The van der Waals surface area contributed by atoms with E-state index in [-0.39, 0.29) is 23.6 Å². The zero-order valence-electron chi connectivity index (χ0n) is 11.6. The molecule has 0 saturated heterocycles. The monoisotopic (exact) mass is 305 g/mol. The van der Waals surface area contributed by atoms with Gasteiger partial charge in [-0.05, 0) is 23.8 Å². The quantitative estimate of drug-likeness (QED) is 0.367. The molecule has 0 atom stereocenters. The molecular formula is C15H12FNO5. The number of nitro benzene ring substituents is 1. The molecule has 0 radical (unpaired) electrons. The number of carbonyl (C=O) groups is 1. The van der Waals surface area contributed by atoms with Crippen LogP contribution in [0.5, 0.6) is 11.5 Å². The highest BCUT2D eigenvalue weighted by molar-refractivity contribution is 5.75. The van der Waals surface area contributed by atoms with Crippen LogP contribution in [0.1, 0.15) is 5.56 Å². The van der Waals surface area contributed by atoms with Crippen LogP contribution in [-0.4, -0.2) is 18.0 Å². The fourth-order valence-corrected chi connectivity index (χ4v) is 1.81. The zero-order chi connectivity index (χ0) is 16.1. The molecule has 0 amide bonds. The Morgan fingerprint density at radius 1 is 1.27 bits per heavy atom. The van der Waals surface area contributed by atoms with Crippen molar-refractivity contribution in [3.63, 3.8) is 0 Å². The molecular weight excluding hydrogens is 293 g/mol. The van der Waals surface area contributed by atoms with Gasteiger partial charge >= 0.3 is 5.97 Å². The molecule has 2 rings (SSSR count). The lowest BCUT2D eigenvalue weighted by molar-refractivity contribution is -0.384. The number of nitro groups is 1. The first-order valence-electron chi connectivity index (χ1n) is 6.27. The summed E-state index contributed by atoms with van der Waals surface area (Å²) >= 11 is 0. The summed E-state index contributed by atoms with van der Waals surface area (Å²) in [6, 6.07) is 9.39. The zero-order valence-corrected chi connectivity index (χ0v) is 11.6. The summed E-state index contributed by atoms with van der Waals surface area (Å²) in [4.78, 5) is 21.8. The van der Waals surface area contributed by atoms with Crippen LogP contribution < -0.4 is 9.47 Å². The molecule has 0 unspecified atom stereocenters. The molecule has 2 aromatic carbocycles. The average Bonchev–Trinajstić information content (AvgIpc) is 2.47. The minimum Gasteiger partial charge on any atom is -0.494 e. The van der Waals surface area contributed by atoms with Crippen LogP contribution in [-0.2, 0) is 11.2 Å². The molecule has 0 spiro atoms. The largest absolute Gasteiger partial charge is 0.494 e. The van der Waals surface area contributed by atoms with Crippen molar-refractivity contribution in [2.45, 2.75) is 6.42 Å². The van der Waals surface area contributed by atoms with Crippen molar-refractivity contribution in [2.75, 3.05) is 7.11 Å². The van der Waals surface area contributed by atoms with E-state index in [1.165, 1.54) is 43.5 Å². The summed E-state index contributed by atoms with van der Waals surface area (Å²) in [6.45, 7) is 0. The van der Waals surface area contributed by atoms with E-state index in [0.29, 0.717) is 5.56 Å². The number of non-ortho nitro benzene ring substituents is 1. The fourth-order valence-electron chi connectivity index (χ4n) is 1.81. The van der Waals surface area contributed by atoms with Gasteiger partial charge in [0.1, 0.15) is 5.75 Å². The molecule has 0 aromatic heterocycles. The number of ether oxygens (including phenoxy) is 2. The van der Waals surface area contributed by atoms with Gasteiger partial charge in [0, 0.05) is 6.07 Å². The lowest BCUT2D eigenvalue weighted by atomic mass is 10.1. The first-order chi connectivity index (χ1) is 10.5. The summed E-state index contributed by atoms with van der Waals surface area (Å²) in [7, 11) is 1.34. The second kappa shape index (κ2) is 6.66. The van der Waals surface area contributed by atoms with Gasteiger partial charge in [0.15, 0.2) is 11.6 Å². The van der Waals surface area contributed by atoms with E-state index in [1.54, 1.807) is 0 Å². The van der Waals surface area contributed by atoms with Gasteiger partial charge in [-0.25, -0.2) is 4.39 Å². The Bertz CT molecular complexity index is 717. The van der Waals surface area contributed by atoms with E-state index in [2.05, 4.69) is 0 Å². The predicted molar refractivity (Wildman–Crippen MR) is 75.4 cm³/mol. The maximum Gasteiger partial charge on any atom is 0.315 e. The van der Waals surface area contributed by atoms with Gasteiger partial charge in [-0.1, -0.05) is 12.1 Å². The summed E-state index contributed by atoms with van der Waals surface area (Å²) in [5, 5.41) is 10.6.